The second-order valence-electron chi connectivity index (χ2n) is 4.05. The standard InChI is InChI=1S/C11H18N2OS/c1-4-12-8-9(11(15)10(8)14)13-6-5-7(2)3/h7,12-13H,4-6H2,1-3H3. The summed E-state index contributed by atoms with van der Waals surface area (Å²) >= 11 is 4.99. The maximum Gasteiger partial charge on any atom is 0.223 e. The SMILES string of the molecule is CCNc1c(NCCC(C)C)c(=S)c1=O. The number of rotatable bonds is 6. The molecule has 0 aliphatic carbocycles. The summed E-state index contributed by atoms with van der Waals surface area (Å²) in [6, 6.07) is 0. The van der Waals surface area contributed by atoms with Gasteiger partial charge < -0.3 is 10.6 Å². The van der Waals surface area contributed by atoms with Crippen molar-refractivity contribution in [3.05, 3.63) is 14.7 Å². The van der Waals surface area contributed by atoms with Crippen LogP contribution in [0.25, 0.3) is 0 Å². The van der Waals surface area contributed by atoms with Crippen molar-refractivity contribution in [2.45, 2.75) is 27.2 Å². The summed E-state index contributed by atoms with van der Waals surface area (Å²) in [4.78, 5) is 11.4. The van der Waals surface area contributed by atoms with E-state index >= 15 is 0 Å². The van der Waals surface area contributed by atoms with Gasteiger partial charge in [-0.15, -0.1) is 0 Å². The molecule has 0 fully saturated rings. The monoisotopic (exact) mass is 226 g/mol. The molecule has 0 unspecified atom stereocenters. The molecule has 0 atom stereocenters. The molecule has 4 heteroatoms. The lowest BCUT2D eigenvalue weighted by Gasteiger charge is -2.15. The first-order valence-corrected chi connectivity index (χ1v) is 5.79. The molecule has 2 N–H and O–H groups in total. The van der Waals surface area contributed by atoms with Crippen LogP contribution in [-0.4, -0.2) is 13.1 Å². The van der Waals surface area contributed by atoms with Crippen molar-refractivity contribution >= 4 is 23.6 Å². The number of hydrogen-bond acceptors (Lipinski definition) is 4. The Balaban J connectivity index is 2.58. The van der Waals surface area contributed by atoms with Gasteiger partial charge in [-0.05, 0) is 19.3 Å². The number of hydrogen-bond donors (Lipinski definition) is 2. The smallest absolute Gasteiger partial charge is 0.223 e. The molecular formula is C11H18N2OS. The fourth-order valence-corrected chi connectivity index (χ4v) is 1.67. The maximum atomic E-state index is 11.4. The van der Waals surface area contributed by atoms with Gasteiger partial charge >= 0.3 is 0 Å². The summed E-state index contributed by atoms with van der Waals surface area (Å²) < 4.78 is 0.440. The van der Waals surface area contributed by atoms with E-state index in [0.717, 1.165) is 25.2 Å². The van der Waals surface area contributed by atoms with E-state index in [4.69, 9.17) is 12.2 Å². The van der Waals surface area contributed by atoms with Crippen molar-refractivity contribution in [3.8, 4) is 0 Å². The molecule has 0 aromatic heterocycles. The Hall–Kier alpha value is -0.900. The minimum absolute atomic E-state index is 0.0288. The van der Waals surface area contributed by atoms with Crippen molar-refractivity contribution in [2.24, 2.45) is 5.92 Å². The van der Waals surface area contributed by atoms with Gasteiger partial charge in [0.05, 0.1) is 5.69 Å². The summed E-state index contributed by atoms with van der Waals surface area (Å²) in [5.74, 6) is 0.657. The fraction of sp³-hybridized carbons (Fsp3) is 0.636. The largest absolute Gasteiger partial charge is 0.382 e. The van der Waals surface area contributed by atoms with Crippen LogP contribution in [0.3, 0.4) is 0 Å². The molecule has 0 radical (unpaired) electrons. The highest BCUT2D eigenvalue weighted by molar-refractivity contribution is 7.71. The summed E-state index contributed by atoms with van der Waals surface area (Å²) in [5, 5.41) is 6.25. The zero-order valence-electron chi connectivity index (χ0n) is 9.52. The first-order chi connectivity index (χ1) is 7.07. The molecule has 0 amide bonds. The predicted octanol–water partition coefficient (Wildman–Crippen LogP) is 2.54. The molecule has 3 nitrogen and oxygen atoms in total. The molecule has 0 aliphatic rings. The van der Waals surface area contributed by atoms with Crippen LogP contribution in [0.5, 0.6) is 0 Å². The molecule has 1 rings (SSSR count). The van der Waals surface area contributed by atoms with E-state index in [-0.39, 0.29) is 5.43 Å². The lowest BCUT2D eigenvalue weighted by Crippen LogP contribution is -2.22. The van der Waals surface area contributed by atoms with Crippen molar-refractivity contribution < 1.29 is 0 Å². The average Bonchev–Trinajstić information content (AvgIpc) is 2.21. The minimum atomic E-state index is -0.0288. The highest BCUT2D eigenvalue weighted by atomic mass is 32.1. The molecule has 0 aliphatic heterocycles. The molecule has 0 saturated carbocycles. The normalized spacial score (nSPS) is 10.9. The van der Waals surface area contributed by atoms with Crippen LogP contribution in [-0.2, 0) is 0 Å². The molecule has 84 valence electrons. The molecule has 0 heterocycles. The van der Waals surface area contributed by atoms with Crippen molar-refractivity contribution in [2.75, 3.05) is 23.7 Å². The average molecular weight is 226 g/mol. The topological polar surface area (TPSA) is 41.1 Å². The Morgan fingerprint density at radius 2 is 1.93 bits per heavy atom. The fourth-order valence-electron chi connectivity index (χ4n) is 1.39. The number of anilines is 2. The van der Waals surface area contributed by atoms with Gasteiger partial charge in [0.15, 0.2) is 0 Å². The summed E-state index contributed by atoms with van der Waals surface area (Å²) in [7, 11) is 0. The van der Waals surface area contributed by atoms with Crippen molar-refractivity contribution in [1.82, 2.24) is 0 Å². The first kappa shape index (κ1) is 12.2. The third kappa shape index (κ3) is 2.78. The van der Waals surface area contributed by atoms with Crippen LogP contribution in [0.2, 0.25) is 0 Å². The molecule has 0 spiro atoms. The summed E-state index contributed by atoms with van der Waals surface area (Å²) in [6.45, 7) is 7.93. The van der Waals surface area contributed by atoms with Crippen LogP contribution in [0, 0.1) is 10.4 Å². The highest BCUT2D eigenvalue weighted by Crippen LogP contribution is 2.22. The molecule has 15 heavy (non-hydrogen) atoms. The Morgan fingerprint density at radius 1 is 1.27 bits per heavy atom. The first-order valence-electron chi connectivity index (χ1n) is 5.39. The van der Waals surface area contributed by atoms with Gasteiger partial charge in [-0.1, -0.05) is 26.1 Å². The highest BCUT2D eigenvalue weighted by Gasteiger charge is 2.16. The van der Waals surface area contributed by atoms with Gasteiger partial charge in [-0.25, -0.2) is 0 Å². The summed E-state index contributed by atoms with van der Waals surface area (Å²) in [6.07, 6.45) is 1.08. The maximum absolute atomic E-state index is 11.4. The molecule has 0 bridgehead atoms. The van der Waals surface area contributed by atoms with Gasteiger partial charge in [-0.3, -0.25) is 4.79 Å². The van der Waals surface area contributed by atoms with E-state index in [2.05, 4.69) is 24.5 Å². The van der Waals surface area contributed by atoms with E-state index in [1.807, 2.05) is 6.92 Å². The van der Waals surface area contributed by atoms with E-state index in [1.54, 1.807) is 0 Å². The van der Waals surface area contributed by atoms with Crippen molar-refractivity contribution in [3.63, 3.8) is 0 Å². The molecule has 1 aromatic carbocycles. The Morgan fingerprint density at radius 3 is 2.47 bits per heavy atom. The van der Waals surface area contributed by atoms with E-state index < -0.39 is 0 Å². The zero-order chi connectivity index (χ0) is 11.4. The third-order valence-electron chi connectivity index (χ3n) is 2.29. The Bertz CT molecular complexity index is 391. The van der Waals surface area contributed by atoms with Crippen LogP contribution < -0.4 is 16.1 Å². The molecular weight excluding hydrogens is 208 g/mol. The lowest BCUT2D eigenvalue weighted by atomic mass is 10.1. The van der Waals surface area contributed by atoms with E-state index in [0.29, 0.717) is 16.1 Å². The van der Waals surface area contributed by atoms with Crippen LogP contribution >= 0.6 is 12.2 Å². The molecule has 0 saturated heterocycles. The van der Waals surface area contributed by atoms with Gasteiger partial charge in [-0.2, -0.15) is 0 Å². The second kappa shape index (κ2) is 5.26. The third-order valence-corrected chi connectivity index (χ3v) is 2.68. The van der Waals surface area contributed by atoms with Crippen LogP contribution in [0.1, 0.15) is 27.2 Å². The quantitative estimate of drug-likeness (QED) is 0.731. The van der Waals surface area contributed by atoms with Crippen LogP contribution in [0.4, 0.5) is 11.4 Å². The Labute approximate surface area is 95.6 Å². The minimum Gasteiger partial charge on any atom is -0.382 e. The predicted molar refractivity (Wildman–Crippen MR) is 68.0 cm³/mol. The van der Waals surface area contributed by atoms with E-state index in [9.17, 15) is 4.79 Å². The van der Waals surface area contributed by atoms with E-state index in [1.165, 1.54) is 0 Å². The van der Waals surface area contributed by atoms with Gasteiger partial charge in [0.1, 0.15) is 10.2 Å². The lowest BCUT2D eigenvalue weighted by molar-refractivity contribution is 0.607. The van der Waals surface area contributed by atoms with Crippen LogP contribution in [0.15, 0.2) is 4.79 Å². The molecule has 1 aromatic rings. The van der Waals surface area contributed by atoms with Gasteiger partial charge in [0.25, 0.3) is 0 Å². The van der Waals surface area contributed by atoms with Crippen molar-refractivity contribution in [1.29, 1.82) is 0 Å². The van der Waals surface area contributed by atoms with Gasteiger partial charge in [0, 0.05) is 13.1 Å². The second-order valence-corrected chi connectivity index (χ2v) is 4.46. The number of nitrogens with one attached hydrogen (secondary N) is 2. The Kier molecular flexibility index (Phi) is 4.27. The summed E-state index contributed by atoms with van der Waals surface area (Å²) in [5.41, 5.74) is 1.46. The van der Waals surface area contributed by atoms with Gasteiger partial charge in [0.2, 0.25) is 5.43 Å². The zero-order valence-corrected chi connectivity index (χ0v) is 10.3.